The third-order valence-corrected chi connectivity index (χ3v) is 0.667. The van der Waals surface area contributed by atoms with Gasteiger partial charge in [0.05, 0.1) is 13.7 Å². The summed E-state index contributed by atoms with van der Waals surface area (Å²) in [5.74, 6) is 0. The molecule has 0 aromatic heterocycles. The monoisotopic (exact) mass is 118 g/mol. The van der Waals surface area contributed by atoms with Crippen LogP contribution in [0.2, 0.25) is 0 Å². The first kappa shape index (κ1) is 7.59. The minimum atomic E-state index is 0.495. The summed E-state index contributed by atoms with van der Waals surface area (Å²) in [6.45, 7) is 0.495. The molecule has 0 aromatic carbocycles. The Hall–Kier alpha value is -0.410. The fourth-order valence-corrected chi connectivity index (χ4v) is 0.309. The van der Waals surface area contributed by atoms with E-state index in [1.54, 1.807) is 0 Å². The maximum absolute atomic E-state index is 9.67. The minimum absolute atomic E-state index is 0.495. The van der Waals surface area contributed by atoms with Gasteiger partial charge in [0.15, 0.2) is 0 Å². The van der Waals surface area contributed by atoms with Crippen LogP contribution in [0.5, 0.6) is 0 Å². The normalized spacial score (nSPS) is 9.12. The fourth-order valence-electron chi connectivity index (χ4n) is 0.309. The number of carbonyl (C=O) groups excluding carboxylic acids is 1. The average Bonchev–Trinajstić information content (AvgIpc) is 1.81. The molecule has 0 aromatic rings. The van der Waals surface area contributed by atoms with Gasteiger partial charge in [0.1, 0.15) is 6.29 Å². The Kier molecular flexibility index (Phi) is 6.25. The number of carbonyl (C=O) groups is 1. The molecule has 0 N–H and O–H groups in total. The topological polar surface area (TPSA) is 35.5 Å². The number of hydrogen-bond acceptors (Lipinski definition) is 3. The van der Waals surface area contributed by atoms with Crippen LogP contribution in [-0.2, 0) is 14.6 Å². The quantitative estimate of drug-likeness (QED) is 0.229. The molecule has 0 aliphatic rings. The van der Waals surface area contributed by atoms with Gasteiger partial charge in [0.2, 0.25) is 0 Å². The van der Waals surface area contributed by atoms with Crippen LogP contribution < -0.4 is 0 Å². The van der Waals surface area contributed by atoms with Gasteiger partial charge in [-0.3, -0.25) is 0 Å². The average molecular weight is 118 g/mol. The Bertz CT molecular complexity index is 53.6. The van der Waals surface area contributed by atoms with Crippen LogP contribution >= 0.6 is 0 Å². The second kappa shape index (κ2) is 6.59. The lowest BCUT2D eigenvalue weighted by atomic mass is 10.4. The molecule has 0 spiro atoms. The highest BCUT2D eigenvalue weighted by Crippen LogP contribution is 1.84. The highest BCUT2D eigenvalue weighted by molar-refractivity contribution is 5.48. The van der Waals surface area contributed by atoms with Crippen LogP contribution in [0.3, 0.4) is 0 Å². The van der Waals surface area contributed by atoms with Gasteiger partial charge in [0.25, 0.3) is 0 Å². The first-order valence-electron chi connectivity index (χ1n) is 2.51. The van der Waals surface area contributed by atoms with Crippen molar-refractivity contribution in [2.24, 2.45) is 0 Å². The first-order chi connectivity index (χ1) is 3.91. The Balaban J connectivity index is 2.62. The molecule has 0 atom stereocenters. The van der Waals surface area contributed by atoms with E-state index in [1.165, 1.54) is 7.11 Å². The van der Waals surface area contributed by atoms with Crippen molar-refractivity contribution in [1.29, 1.82) is 0 Å². The van der Waals surface area contributed by atoms with Gasteiger partial charge in [-0.25, -0.2) is 9.78 Å². The van der Waals surface area contributed by atoms with Crippen LogP contribution in [0.1, 0.15) is 12.8 Å². The summed E-state index contributed by atoms with van der Waals surface area (Å²) in [5.41, 5.74) is 0. The molecular formula is C5H10O3. The summed E-state index contributed by atoms with van der Waals surface area (Å²) in [4.78, 5) is 18.4. The molecule has 3 heteroatoms. The number of rotatable bonds is 5. The number of hydrogen-bond donors (Lipinski definition) is 0. The van der Waals surface area contributed by atoms with Crippen molar-refractivity contribution in [3.8, 4) is 0 Å². The summed E-state index contributed by atoms with van der Waals surface area (Å²) < 4.78 is 0. The van der Waals surface area contributed by atoms with E-state index in [0.717, 1.165) is 12.7 Å². The Labute approximate surface area is 48.5 Å². The molecule has 0 rings (SSSR count). The predicted octanol–water partition coefficient (Wildman–Crippen LogP) is 0.544. The molecular weight excluding hydrogens is 108 g/mol. The maximum atomic E-state index is 9.67. The molecule has 0 amide bonds. The Morgan fingerprint density at radius 1 is 1.62 bits per heavy atom. The SMILES string of the molecule is COOCCCC=O. The summed E-state index contributed by atoms with van der Waals surface area (Å²) in [6.07, 6.45) is 2.14. The van der Waals surface area contributed by atoms with E-state index in [1.807, 2.05) is 0 Å². The molecule has 0 aliphatic heterocycles. The van der Waals surface area contributed by atoms with E-state index in [2.05, 4.69) is 9.78 Å². The molecule has 0 fully saturated rings. The third-order valence-electron chi connectivity index (χ3n) is 0.667. The predicted molar refractivity (Wildman–Crippen MR) is 28.3 cm³/mol. The van der Waals surface area contributed by atoms with Gasteiger partial charge in [-0.05, 0) is 6.42 Å². The van der Waals surface area contributed by atoms with Crippen LogP contribution in [-0.4, -0.2) is 20.0 Å². The first-order valence-corrected chi connectivity index (χ1v) is 2.51. The maximum Gasteiger partial charge on any atom is 0.120 e. The van der Waals surface area contributed by atoms with Gasteiger partial charge in [0, 0.05) is 6.42 Å². The molecule has 0 aliphatic carbocycles. The third kappa shape index (κ3) is 5.59. The van der Waals surface area contributed by atoms with E-state index in [0.29, 0.717) is 13.0 Å². The Morgan fingerprint density at radius 2 is 2.38 bits per heavy atom. The van der Waals surface area contributed by atoms with Crippen molar-refractivity contribution >= 4 is 6.29 Å². The molecule has 0 heterocycles. The van der Waals surface area contributed by atoms with E-state index >= 15 is 0 Å². The molecule has 0 unspecified atom stereocenters. The zero-order chi connectivity index (χ0) is 6.24. The van der Waals surface area contributed by atoms with E-state index < -0.39 is 0 Å². The summed E-state index contributed by atoms with van der Waals surface area (Å²) >= 11 is 0. The summed E-state index contributed by atoms with van der Waals surface area (Å²) in [6, 6.07) is 0. The summed E-state index contributed by atoms with van der Waals surface area (Å²) in [5, 5.41) is 0. The fraction of sp³-hybridized carbons (Fsp3) is 0.800. The zero-order valence-corrected chi connectivity index (χ0v) is 4.92. The molecule has 0 radical (unpaired) electrons. The molecule has 48 valence electrons. The number of aldehydes is 1. The lowest BCUT2D eigenvalue weighted by Gasteiger charge is -1.93. The molecule has 8 heavy (non-hydrogen) atoms. The van der Waals surface area contributed by atoms with Gasteiger partial charge < -0.3 is 4.79 Å². The van der Waals surface area contributed by atoms with Crippen molar-refractivity contribution in [2.45, 2.75) is 12.8 Å². The lowest BCUT2D eigenvalue weighted by molar-refractivity contribution is -0.272. The van der Waals surface area contributed by atoms with Crippen molar-refractivity contribution in [3.05, 3.63) is 0 Å². The van der Waals surface area contributed by atoms with E-state index in [9.17, 15) is 4.79 Å². The molecule has 0 saturated carbocycles. The number of unbranched alkanes of at least 4 members (excludes halogenated alkanes) is 1. The summed E-state index contributed by atoms with van der Waals surface area (Å²) in [7, 11) is 1.45. The second-order valence-corrected chi connectivity index (χ2v) is 1.30. The second-order valence-electron chi connectivity index (χ2n) is 1.30. The standard InChI is InChI=1S/C5H10O3/c1-7-8-5-3-2-4-6/h4H,2-3,5H2,1H3. The van der Waals surface area contributed by atoms with Crippen molar-refractivity contribution in [2.75, 3.05) is 13.7 Å². The van der Waals surface area contributed by atoms with Crippen molar-refractivity contribution in [1.82, 2.24) is 0 Å². The van der Waals surface area contributed by atoms with Gasteiger partial charge in [-0.15, -0.1) is 0 Å². The molecule has 0 bridgehead atoms. The zero-order valence-electron chi connectivity index (χ0n) is 4.92. The van der Waals surface area contributed by atoms with E-state index in [4.69, 9.17) is 0 Å². The minimum Gasteiger partial charge on any atom is -0.303 e. The van der Waals surface area contributed by atoms with Gasteiger partial charge in [-0.1, -0.05) is 0 Å². The van der Waals surface area contributed by atoms with Gasteiger partial charge in [-0.2, -0.15) is 0 Å². The van der Waals surface area contributed by atoms with Crippen LogP contribution in [0.15, 0.2) is 0 Å². The highest BCUT2D eigenvalue weighted by atomic mass is 17.2. The smallest absolute Gasteiger partial charge is 0.120 e. The van der Waals surface area contributed by atoms with Crippen LogP contribution in [0.4, 0.5) is 0 Å². The van der Waals surface area contributed by atoms with Crippen LogP contribution in [0.25, 0.3) is 0 Å². The van der Waals surface area contributed by atoms with E-state index in [-0.39, 0.29) is 0 Å². The highest BCUT2D eigenvalue weighted by Gasteiger charge is 1.83. The largest absolute Gasteiger partial charge is 0.303 e. The van der Waals surface area contributed by atoms with Crippen molar-refractivity contribution in [3.63, 3.8) is 0 Å². The molecule has 3 nitrogen and oxygen atoms in total. The Morgan fingerprint density at radius 3 is 2.88 bits per heavy atom. The van der Waals surface area contributed by atoms with Gasteiger partial charge >= 0.3 is 0 Å². The lowest BCUT2D eigenvalue weighted by Crippen LogP contribution is -1.92. The molecule has 0 saturated heterocycles. The van der Waals surface area contributed by atoms with Crippen LogP contribution in [0, 0.1) is 0 Å². The van der Waals surface area contributed by atoms with Crippen molar-refractivity contribution < 1.29 is 14.6 Å².